The van der Waals surface area contributed by atoms with Crippen LogP contribution in [0.25, 0.3) is 0 Å². The van der Waals surface area contributed by atoms with Gasteiger partial charge in [-0.05, 0) is 19.3 Å². The van der Waals surface area contributed by atoms with Crippen molar-refractivity contribution >= 4 is 5.91 Å². The second kappa shape index (κ2) is 39.1. The number of aliphatic hydroxyl groups is 5. The minimum atomic E-state index is -1.56. The molecule has 0 radical (unpaired) electrons. The van der Waals surface area contributed by atoms with Gasteiger partial charge in [-0.25, -0.2) is 0 Å². The zero-order valence-corrected chi connectivity index (χ0v) is 37.1. The normalized spacial score (nSPS) is 21.0. The van der Waals surface area contributed by atoms with E-state index in [1.807, 2.05) is 6.08 Å². The van der Waals surface area contributed by atoms with E-state index in [1.165, 1.54) is 173 Å². The van der Waals surface area contributed by atoms with Crippen LogP contribution in [0.3, 0.4) is 0 Å². The molecule has 7 atom stereocenters. The summed E-state index contributed by atoms with van der Waals surface area (Å²) in [6.07, 6.45) is 38.3. The predicted molar refractivity (Wildman–Crippen MR) is 235 cm³/mol. The average Bonchev–Trinajstić information content (AvgIpc) is 3.21. The average molecular weight is 812 g/mol. The Labute approximate surface area is 350 Å². The number of unbranched alkanes of at least 4 members (excludes halogenated alkanes) is 31. The van der Waals surface area contributed by atoms with Crippen molar-refractivity contribution in [1.82, 2.24) is 5.32 Å². The molecule has 6 N–H and O–H groups in total. The van der Waals surface area contributed by atoms with Gasteiger partial charge >= 0.3 is 0 Å². The molecular formula is C48H93NO8. The minimum Gasteiger partial charge on any atom is -0.394 e. The second-order valence-corrected chi connectivity index (χ2v) is 17.3. The van der Waals surface area contributed by atoms with Crippen LogP contribution in [0.5, 0.6) is 0 Å². The molecule has 1 amide bonds. The summed E-state index contributed by atoms with van der Waals surface area (Å²) in [5, 5.41) is 54.2. The number of amides is 1. The quantitative estimate of drug-likeness (QED) is 0.0264. The summed E-state index contributed by atoms with van der Waals surface area (Å²) in [5.41, 5.74) is 0. The number of nitrogens with one attached hydrogen (secondary N) is 1. The molecule has 9 nitrogen and oxygen atoms in total. The number of hydrogen-bond donors (Lipinski definition) is 6. The van der Waals surface area contributed by atoms with Crippen molar-refractivity contribution in [3.8, 4) is 0 Å². The van der Waals surface area contributed by atoms with Gasteiger partial charge in [0, 0.05) is 6.42 Å². The summed E-state index contributed by atoms with van der Waals surface area (Å²) in [6.45, 7) is 3.79. The van der Waals surface area contributed by atoms with Crippen molar-refractivity contribution in [2.24, 2.45) is 0 Å². The fourth-order valence-corrected chi connectivity index (χ4v) is 7.92. The van der Waals surface area contributed by atoms with E-state index in [4.69, 9.17) is 9.47 Å². The van der Waals surface area contributed by atoms with Gasteiger partial charge in [-0.2, -0.15) is 0 Å². The van der Waals surface area contributed by atoms with Gasteiger partial charge in [-0.3, -0.25) is 4.79 Å². The summed E-state index contributed by atoms with van der Waals surface area (Å²) >= 11 is 0. The lowest BCUT2D eigenvalue weighted by molar-refractivity contribution is -0.302. The van der Waals surface area contributed by atoms with Crippen molar-refractivity contribution in [3.63, 3.8) is 0 Å². The fraction of sp³-hybridized carbons (Fsp3) is 0.938. The van der Waals surface area contributed by atoms with E-state index in [1.54, 1.807) is 6.08 Å². The number of allylic oxidation sites excluding steroid dienone is 1. The van der Waals surface area contributed by atoms with E-state index in [-0.39, 0.29) is 12.5 Å². The highest BCUT2D eigenvalue weighted by Crippen LogP contribution is 2.23. The van der Waals surface area contributed by atoms with Crippen molar-refractivity contribution < 1.29 is 39.8 Å². The predicted octanol–water partition coefficient (Wildman–Crippen LogP) is 10.5. The van der Waals surface area contributed by atoms with E-state index in [2.05, 4.69) is 19.2 Å². The summed E-state index contributed by atoms with van der Waals surface area (Å²) in [7, 11) is 0. The Bertz CT molecular complexity index is 904. The molecule has 0 aromatic heterocycles. The van der Waals surface area contributed by atoms with Gasteiger partial charge in [-0.1, -0.05) is 219 Å². The molecule has 0 spiro atoms. The first-order chi connectivity index (χ1) is 27.8. The number of ether oxygens (including phenoxy) is 2. The Kier molecular flexibility index (Phi) is 37.0. The standard InChI is InChI=1S/C48H93NO8/c1-3-5-7-9-11-13-15-17-18-19-20-21-22-23-24-26-28-30-32-34-36-38-44(52)49-41(40-56-48-47(55)46(54)45(53)43(39-50)57-48)42(51)37-35-33-31-29-27-25-16-14-12-10-8-6-4-2/h35,37,41-43,45-48,50-51,53-55H,3-34,36,38-40H2,1-2H3,(H,49,52)/b37-35+/t41?,42?,43-,45-,46+,47-,48-/m1/s1. The third kappa shape index (κ3) is 29.7. The number of aliphatic hydroxyl groups excluding tert-OH is 5. The lowest BCUT2D eigenvalue weighted by atomic mass is 9.99. The molecule has 2 unspecified atom stereocenters. The maximum absolute atomic E-state index is 13.0. The van der Waals surface area contributed by atoms with Crippen molar-refractivity contribution in [1.29, 1.82) is 0 Å². The Morgan fingerprint density at radius 3 is 1.37 bits per heavy atom. The largest absolute Gasteiger partial charge is 0.394 e. The van der Waals surface area contributed by atoms with Crippen molar-refractivity contribution in [3.05, 3.63) is 12.2 Å². The van der Waals surface area contributed by atoms with Crippen LogP contribution in [0.15, 0.2) is 12.2 Å². The molecule has 0 aromatic carbocycles. The van der Waals surface area contributed by atoms with Crippen LogP contribution < -0.4 is 5.32 Å². The van der Waals surface area contributed by atoms with E-state index in [0.717, 1.165) is 38.5 Å². The number of rotatable bonds is 41. The van der Waals surface area contributed by atoms with E-state index >= 15 is 0 Å². The Balaban J connectivity index is 2.27. The highest BCUT2D eigenvalue weighted by molar-refractivity contribution is 5.76. The maximum atomic E-state index is 13.0. The zero-order chi connectivity index (χ0) is 41.6. The van der Waals surface area contributed by atoms with Gasteiger partial charge in [0.2, 0.25) is 5.91 Å². The van der Waals surface area contributed by atoms with Gasteiger partial charge in [0.05, 0.1) is 25.4 Å². The third-order valence-electron chi connectivity index (χ3n) is 11.9. The van der Waals surface area contributed by atoms with Crippen molar-refractivity contribution in [2.45, 2.75) is 275 Å². The van der Waals surface area contributed by atoms with Crippen LogP contribution in [0.4, 0.5) is 0 Å². The van der Waals surface area contributed by atoms with Crippen LogP contribution >= 0.6 is 0 Å². The third-order valence-corrected chi connectivity index (χ3v) is 11.9. The number of carbonyl (C=O) groups excluding carboxylic acids is 1. The van der Waals surface area contributed by atoms with Crippen LogP contribution in [-0.4, -0.2) is 87.5 Å². The van der Waals surface area contributed by atoms with E-state index in [0.29, 0.717) is 6.42 Å². The molecule has 0 bridgehead atoms. The summed E-state index contributed by atoms with van der Waals surface area (Å²) in [4.78, 5) is 13.0. The Hall–Kier alpha value is -1.07. The minimum absolute atomic E-state index is 0.173. The molecule has 1 aliphatic rings. The number of carbonyl (C=O) groups is 1. The molecule has 57 heavy (non-hydrogen) atoms. The van der Waals surface area contributed by atoms with Crippen molar-refractivity contribution in [2.75, 3.05) is 13.2 Å². The van der Waals surface area contributed by atoms with Crippen LogP contribution in [-0.2, 0) is 14.3 Å². The van der Waals surface area contributed by atoms with Gasteiger partial charge in [0.25, 0.3) is 0 Å². The summed E-state index contributed by atoms with van der Waals surface area (Å²) in [6, 6.07) is -0.798. The van der Waals surface area contributed by atoms with E-state index in [9.17, 15) is 30.3 Å². The molecule has 1 saturated heterocycles. The first-order valence-corrected chi connectivity index (χ1v) is 24.4. The van der Waals surface area contributed by atoms with Gasteiger partial charge in [0.15, 0.2) is 6.29 Å². The lowest BCUT2D eigenvalue weighted by Gasteiger charge is -2.40. The molecule has 0 aromatic rings. The lowest BCUT2D eigenvalue weighted by Crippen LogP contribution is -2.60. The highest BCUT2D eigenvalue weighted by Gasteiger charge is 2.44. The highest BCUT2D eigenvalue weighted by atomic mass is 16.7. The first kappa shape index (κ1) is 53.9. The molecule has 1 fully saturated rings. The maximum Gasteiger partial charge on any atom is 0.220 e. The SMILES string of the molecule is CCCCCCCCCCCCC/C=C/C(O)C(CO[C@@H]1O[C@H](CO)[C@@H](O)[C@H](O)[C@H]1O)NC(=O)CCCCCCCCCCCCCCCCCCCCCCC. The van der Waals surface area contributed by atoms with E-state index < -0.39 is 49.5 Å². The van der Waals surface area contributed by atoms with Crippen LogP contribution in [0.1, 0.15) is 232 Å². The molecular weight excluding hydrogens is 719 g/mol. The first-order valence-electron chi connectivity index (χ1n) is 24.4. The monoisotopic (exact) mass is 812 g/mol. The smallest absolute Gasteiger partial charge is 0.220 e. The topological polar surface area (TPSA) is 149 Å². The second-order valence-electron chi connectivity index (χ2n) is 17.3. The summed E-state index contributed by atoms with van der Waals surface area (Å²) < 4.78 is 11.2. The van der Waals surface area contributed by atoms with Crippen LogP contribution in [0, 0.1) is 0 Å². The molecule has 0 saturated carbocycles. The van der Waals surface area contributed by atoms with Gasteiger partial charge in [-0.15, -0.1) is 0 Å². The molecule has 1 rings (SSSR count). The Morgan fingerprint density at radius 2 is 0.965 bits per heavy atom. The molecule has 1 heterocycles. The fourth-order valence-electron chi connectivity index (χ4n) is 7.92. The molecule has 9 heteroatoms. The Morgan fingerprint density at radius 1 is 0.579 bits per heavy atom. The number of hydrogen-bond acceptors (Lipinski definition) is 8. The van der Waals surface area contributed by atoms with Crippen LogP contribution in [0.2, 0.25) is 0 Å². The zero-order valence-electron chi connectivity index (χ0n) is 37.1. The molecule has 338 valence electrons. The summed E-state index contributed by atoms with van der Waals surface area (Å²) in [5.74, 6) is -0.173. The molecule has 1 aliphatic heterocycles. The van der Waals surface area contributed by atoms with Gasteiger partial charge < -0.3 is 40.3 Å². The van der Waals surface area contributed by atoms with Gasteiger partial charge in [0.1, 0.15) is 24.4 Å². The molecule has 0 aliphatic carbocycles.